The molecule has 1 saturated heterocycles. The average molecular weight is 278 g/mol. The molecule has 1 aromatic rings. The van der Waals surface area contributed by atoms with Crippen LogP contribution in [0.4, 0.5) is 5.69 Å². The van der Waals surface area contributed by atoms with E-state index >= 15 is 0 Å². The molecule has 1 aliphatic heterocycles. The summed E-state index contributed by atoms with van der Waals surface area (Å²) >= 11 is 0. The number of nitro benzene ring substituents is 1. The van der Waals surface area contributed by atoms with Crippen LogP contribution in [0.1, 0.15) is 37.3 Å². The van der Waals surface area contributed by atoms with E-state index in [9.17, 15) is 15.2 Å². The number of rotatable bonds is 4. The van der Waals surface area contributed by atoms with Crippen LogP contribution < -0.4 is 0 Å². The van der Waals surface area contributed by atoms with Crippen molar-refractivity contribution in [3.63, 3.8) is 0 Å². The molecule has 0 unspecified atom stereocenters. The molecule has 1 fully saturated rings. The summed E-state index contributed by atoms with van der Waals surface area (Å²) in [5.74, 6) is 0. The van der Waals surface area contributed by atoms with Crippen LogP contribution in [0.3, 0.4) is 0 Å². The second-order valence-corrected chi connectivity index (χ2v) is 5.59. The third kappa shape index (κ3) is 3.16. The van der Waals surface area contributed by atoms with Crippen LogP contribution in [0.2, 0.25) is 0 Å². The Kier molecular flexibility index (Phi) is 4.73. The van der Waals surface area contributed by atoms with Crippen molar-refractivity contribution in [3.8, 4) is 0 Å². The van der Waals surface area contributed by atoms with Crippen molar-refractivity contribution >= 4 is 5.69 Å². The molecule has 1 N–H and O–H groups in total. The Morgan fingerprint density at radius 1 is 1.50 bits per heavy atom. The summed E-state index contributed by atoms with van der Waals surface area (Å²) in [7, 11) is 0. The summed E-state index contributed by atoms with van der Waals surface area (Å²) in [5, 5.41) is 20.9. The molecule has 20 heavy (non-hydrogen) atoms. The van der Waals surface area contributed by atoms with Crippen LogP contribution in [0.5, 0.6) is 0 Å². The minimum absolute atomic E-state index is 0.155. The van der Waals surface area contributed by atoms with Gasteiger partial charge in [-0.05, 0) is 38.8 Å². The van der Waals surface area contributed by atoms with Crippen molar-refractivity contribution in [2.45, 2.75) is 51.8 Å². The fourth-order valence-electron chi connectivity index (χ4n) is 3.02. The quantitative estimate of drug-likeness (QED) is 0.679. The zero-order valence-corrected chi connectivity index (χ0v) is 12.1. The lowest BCUT2D eigenvalue weighted by Crippen LogP contribution is -2.45. The van der Waals surface area contributed by atoms with Gasteiger partial charge in [0, 0.05) is 24.2 Å². The van der Waals surface area contributed by atoms with Crippen molar-refractivity contribution in [2.24, 2.45) is 0 Å². The van der Waals surface area contributed by atoms with Crippen molar-refractivity contribution in [1.82, 2.24) is 4.90 Å². The Bertz CT molecular complexity index is 488. The lowest BCUT2D eigenvalue weighted by molar-refractivity contribution is -0.385. The third-order valence-electron chi connectivity index (χ3n) is 4.21. The van der Waals surface area contributed by atoms with E-state index in [2.05, 4.69) is 4.90 Å². The topological polar surface area (TPSA) is 66.6 Å². The number of piperidine rings is 1. The standard InChI is InChI=1S/C15H22N2O3/c1-11-13(6-5-8-14(11)17(19)20)10-16-9-4-3-7-15(16)12(2)18/h5-6,8,12,15,18H,3-4,7,9-10H2,1-2H3/t12-,15+/m0/s1. The second-order valence-electron chi connectivity index (χ2n) is 5.59. The average Bonchev–Trinajstić information content (AvgIpc) is 2.41. The Labute approximate surface area is 119 Å². The van der Waals surface area contributed by atoms with Crippen molar-refractivity contribution in [3.05, 3.63) is 39.4 Å². The van der Waals surface area contributed by atoms with E-state index in [0.29, 0.717) is 6.54 Å². The maximum absolute atomic E-state index is 11.0. The Balaban J connectivity index is 2.20. The zero-order valence-electron chi connectivity index (χ0n) is 12.1. The molecule has 0 amide bonds. The maximum atomic E-state index is 11.0. The van der Waals surface area contributed by atoms with E-state index in [0.717, 1.165) is 36.9 Å². The number of aliphatic hydroxyl groups excluding tert-OH is 1. The van der Waals surface area contributed by atoms with Crippen LogP contribution in [0.25, 0.3) is 0 Å². The van der Waals surface area contributed by atoms with Gasteiger partial charge in [0.15, 0.2) is 0 Å². The minimum Gasteiger partial charge on any atom is -0.392 e. The Morgan fingerprint density at radius 2 is 2.25 bits per heavy atom. The number of benzene rings is 1. The Morgan fingerprint density at radius 3 is 2.90 bits per heavy atom. The SMILES string of the molecule is Cc1c(CN2CCCC[C@@H]2[C@H](C)O)cccc1[N+](=O)[O-]. The molecule has 1 aromatic carbocycles. The number of hydrogen-bond donors (Lipinski definition) is 1. The summed E-state index contributed by atoms with van der Waals surface area (Å²) < 4.78 is 0. The van der Waals surface area contributed by atoms with E-state index < -0.39 is 0 Å². The maximum Gasteiger partial charge on any atom is 0.272 e. The monoisotopic (exact) mass is 278 g/mol. The van der Waals surface area contributed by atoms with Gasteiger partial charge in [-0.25, -0.2) is 0 Å². The summed E-state index contributed by atoms with van der Waals surface area (Å²) in [5.41, 5.74) is 1.88. The highest BCUT2D eigenvalue weighted by atomic mass is 16.6. The highest BCUT2D eigenvalue weighted by molar-refractivity contribution is 5.44. The molecular weight excluding hydrogens is 256 g/mol. The molecule has 0 aliphatic carbocycles. The van der Waals surface area contributed by atoms with Gasteiger partial charge in [-0.15, -0.1) is 0 Å². The van der Waals surface area contributed by atoms with Crippen LogP contribution in [0, 0.1) is 17.0 Å². The summed E-state index contributed by atoms with van der Waals surface area (Å²) in [6.45, 7) is 5.23. The first-order valence-corrected chi connectivity index (χ1v) is 7.15. The molecule has 0 aromatic heterocycles. The van der Waals surface area contributed by atoms with Gasteiger partial charge in [0.25, 0.3) is 5.69 Å². The van der Waals surface area contributed by atoms with Crippen LogP contribution in [-0.2, 0) is 6.54 Å². The van der Waals surface area contributed by atoms with E-state index in [4.69, 9.17) is 0 Å². The van der Waals surface area contributed by atoms with E-state index in [1.54, 1.807) is 19.1 Å². The van der Waals surface area contributed by atoms with Gasteiger partial charge in [-0.3, -0.25) is 15.0 Å². The van der Waals surface area contributed by atoms with Gasteiger partial charge in [0.2, 0.25) is 0 Å². The van der Waals surface area contributed by atoms with Crippen molar-refractivity contribution in [2.75, 3.05) is 6.54 Å². The fraction of sp³-hybridized carbons (Fsp3) is 0.600. The molecule has 5 heteroatoms. The lowest BCUT2D eigenvalue weighted by Gasteiger charge is -2.37. The molecule has 0 radical (unpaired) electrons. The molecule has 2 atom stereocenters. The van der Waals surface area contributed by atoms with Crippen molar-refractivity contribution < 1.29 is 10.0 Å². The lowest BCUT2D eigenvalue weighted by atomic mass is 9.96. The summed E-state index contributed by atoms with van der Waals surface area (Å²) in [6.07, 6.45) is 2.89. The third-order valence-corrected chi connectivity index (χ3v) is 4.21. The molecule has 1 aliphatic rings. The summed E-state index contributed by atoms with van der Waals surface area (Å²) in [6, 6.07) is 5.38. The Hall–Kier alpha value is -1.46. The number of hydrogen-bond acceptors (Lipinski definition) is 4. The molecule has 2 rings (SSSR count). The summed E-state index contributed by atoms with van der Waals surface area (Å²) in [4.78, 5) is 12.9. The number of nitro groups is 1. The molecule has 0 bridgehead atoms. The fourth-order valence-corrected chi connectivity index (χ4v) is 3.02. The minimum atomic E-state index is -0.366. The molecule has 110 valence electrons. The second kappa shape index (κ2) is 6.33. The predicted octanol–water partition coefficient (Wildman–Crippen LogP) is 2.64. The highest BCUT2D eigenvalue weighted by Crippen LogP contribution is 2.26. The number of likely N-dealkylation sites (tertiary alicyclic amines) is 1. The smallest absolute Gasteiger partial charge is 0.272 e. The number of aliphatic hydroxyl groups is 1. The van der Waals surface area contributed by atoms with Gasteiger partial charge in [0.1, 0.15) is 0 Å². The van der Waals surface area contributed by atoms with E-state index in [1.165, 1.54) is 0 Å². The molecular formula is C15H22N2O3. The van der Waals surface area contributed by atoms with Crippen LogP contribution in [0.15, 0.2) is 18.2 Å². The largest absolute Gasteiger partial charge is 0.392 e. The first kappa shape index (κ1) is 14.9. The molecule has 0 saturated carbocycles. The van der Waals surface area contributed by atoms with Gasteiger partial charge in [-0.1, -0.05) is 18.6 Å². The molecule has 1 heterocycles. The highest BCUT2D eigenvalue weighted by Gasteiger charge is 2.27. The van der Waals surface area contributed by atoms with Gasteiger partial charge >= 0.3 is 0 Å². The van der Waals surface area contributed by atoms with E-state index in [1.807, 2.05) is 13.0 Å². The normalized spacial score (nSPS) is 21.6. The first-order valence-electron chi connectivity index (χ1n) is 7.15. The number of nitrogens with zero attached hydrogens (tertiary/aromatic N) is 2. The van der Waals surface area contributed by atoms with Crippen molar-refractivity contribution in [1.29, 1.82) is 0 Å². The first-order chi connectivity index (χ1) is 9.50. The molecule has 0 spiro atoms. The van der Waals surface area contributed by atoms with Crippen LogP contribution in [-0.4, -0.2) is 33.6 Å². The predicted molar refractivity (Wildman–Crippen MR) is 77.6 cm³/mol. The zero-order chi connectivity index (χ0) is 14.7. The van der Waals surface area contributed by atoms with Gasteiger partial charge in [0.05, 0.1) is 11.0 Å². The van der Waals surface area contributed by atoms with Crippen LogP contribution >= 0.6 is 0 Å². The van der Waals surface area contributed by atoms with E-state index in [-0.39, 0.29) is 22.8 Å². The van der Waals surface area contributed by atoms with Gasteiger partial charge < -0.3 is 5.11 Å². The van der Waals surface area contributed by atoms with Gasteiger partial charge in [-0.2, -0.15) is 0 Å². The molecule has 5 nitrogen and oxygen atoms in total.